The number of amides is 2. The smallest absolute Gasteiger partial charge is 0.241 e. The van der Waals surface area contributed by atoms with Crippen molar-refractivity contribution in [2.75, 3.05) is 18.4 Å². The van der Waals surface area contributed by atoms with Crippen LogP contribution in [0, 0.1) is 12.8 Å². The molecule has 1 aromatic carbocycles. The predicted octanol–water partition coefficient (Wildman–Crippen LogP) is 2.17. The average Bonchev–Trinajstić information content (AvgIpc) is 3.26. The summed E-state index contributed by atoms with van der Waals surface area (Å²) in [5, 5.41) is 2.99. The second-order valence-electron chi connectivity index (χ2n) is 7.89. The maximum atomic E-state index is 13.0. The number of hydrogen-bond donors (Lipinski definition) is 3. The summed E-state index contributed by atoms with van der Waals surface area (Å²) >= 11 is 0. The van der Waals surface area contributed by atoms with Crippen LogP contribution in [0.1, 0.15) is 36.4 Å². The van der Waals surface area contributed by atoms with Gasteiger partial charge in [0.05, 0.1) is 5.92 Å². The van der Waals surface area contributed by atoms with E-state index in [0.717, 1.165) is 29.7 Å². The summed E-state index contributed by atoms with van der Waals surface area (Å²) in [5.74, 6) is -0.139. The van der Waals surface area contributed by atoms with Gasteiger partial charge in [-0.2, -0.15) is 0 Å². The number of nitrogens with one attached hydrogen (secondary N) is 3. The first-order valence-corrected chi connectivity index (χ1v) is 10.2. The van der Waals surface area contributed by atoms with Gasteiger partial charge in [-0.1, -0.05) is 17.7 Å². The van der Waals surface area contributed by atoms with Gasteiger partial charge < -0.3 is 10.2 Å². The molecule has 2 aromatic rings. The average molecular weight is 393 g/mol. The molecule has 7 heteroatoms. The van der Waals surface area contributed by atoms with Gasteiger partial charge in [0.15, 0.2) is 0 Å². The lowest BCUT2D eigenvalue weighted by molar-refractivity contribution is -0.136. The molecule has 2 aliphatic heterocycles. The Morgan fingerprint density at radius 1 is 1.10 bits per heavy atom. The number of carbonyl (C=O) groups is 2. The Morgan fingerprint density at radius 3 is 2.62 bits per heavy atom. The lowest BCUT2D eigenvalue weighted by atomic mass is 9.95. The molecule has 0 bridgehead atoms. The molecule has 7 nitrogen and oxygen atoms in total. The quantitative estimate of drug-likeness (QED) is 0.741. The second kappa shape index (κ2) is 8.71. The van der Waals surface area contributed by atoms with E-state index in [1.165, 1.54) is 0 Å². The van der Waals surface area contributed by atoms with Crippen LogP contribution in [0.5, 0.6) is 0 Å². The number of piperidine rings is 1. The summed E-state index contributed by atoms with van der Waals surface area (Å²) in [6.45, 7) is 3.18. The van der Waals surface area contributed by atoms with Gasteiger partial charge in [-0.25, -0.2) is 10.9 Å². The highest BCUT2D eigenvalue weighted by molar-refractivity contribution is 5.93. The third-order valence-electron chi connectivity index (χ3n) is 5.73. The Hall–Kier alpha value is -2.77. The maximum Gasteiger partial charge on any atom is 0.241 e. The normalized spacial score (nSPS) is 24.3. The fourth-order valence-electron chi connectivity index (χ4n) is 4.03. The number of nitrogens with zero attached hydrogens (tertiary/aromatic N) is 2. The van der Waals surface area contributed by atoms with Crippen molar-refractivity contribution in [2.24, 2.45) is 5.92 Å². The van der Waals surface area contributed by atoms with Crippen LogP contribution >= 0.6 is 0 Å². The molecular weight excluding hydrogens is 366 g/mol. The van der Waals surface area contributed by atoms with Gasteiger partial charge in [-0.05, 0) is 56.0 Å². The summed E-state index contributed by atoms with van der Waals surface area (Å²) in [7, 11) is 0. The molecule has 29 heavy (non-hydrogen) atoms. The zero-order valence-electron chi connectivity index (χ0n) is 16.6. The van der Waals surface area contributed by atoms with Gasteiger partial charge in [-0.15, -0.1) is 0 Å². The van der Waals surface area contributed by atoms with Gasteiger partial charge in [0, 0.05) is 37.2 Å². The Morgan fingerprint density at radius 2 is 1.86 bits per heavy atom. The third-order valence-corrected chi connectivity index (χ3v) is 5.73. The number of pyridine rings is 1. The first kappa shape index (κ1) is 19.5. The number of anilines is 1. The van der Waals surface area contributed by atoms with Crippen LogP contribution < -0.4 is 16.2 Å². The van der Waals surface area contributed by atoms with E-state index >= 15 is 0 Å². The van der Waals surface area contributed by atoms with E-state index in [4.69, 9.17) is 0 Å². The number of benzene rings is 1. The first-order valence-electron chi connectivity index (χ1n) is 10.2. The van der Waals surface area contributed by atoms with Crippen LogP contribution in [0.4, 0.5) is 5.69 Å². The van der Waals surface area contributed by atoms with Crippen molar-refractivity contribution in [2.45, 2.75) is 38.3 Å². The topological polar surface area (TPSA) is 86.4 Å². The Balaban J connectivity index is 1.33. The molecule has 0 radical (unpaired) electrons. The zero-order valence-corrected chi connectivity index (χ0v) is 16.6. The molecule has 2 aliphatic rings. The van der Waals surface area contributed by atoms with Crippen molar-refractivity contribution in [1.29, 1.82) is 0 Å². The van der Waals surface area contributed by atoms with E-state index in [2.05, 4.69) is 21.2 Å². The molecule has 2 saturated heterocycles. The number of hydrazine groups is 1. The van der Waals surface area contributed by atoms with E-state index in [-0.39, 0.29) is 29.8 Å². The SMILES string of the molecule is Cc1ccc(NC(=O)C2CCCN(C(=O)C3CC(c4ccncc4)NN3)C2)cc1. The minimum absolute atomic E-state index is 0.0153. The van der Waals surface area contributed by atoms with Crippen molar-refractivity contribution in [3.63, 3.8) is 0 Å². The maximum absolute atomic E-state index is 13.0. The van der Waals surface area contributed by atoms with Gasteiger partial charge in [-0.3, -0.25) is 14.6 Å². The molecule has 3 atom stereocenters. The molecule has 2 amide bonds. The molecule has 3 unspecified atom stereocenters. The Labute approximate surface area is 170 Å². The highest BCUT2D eigenvalue weighted by Gasteiger charge is 2.36. The van der Waals surface area contributed by atoms with Crippen molar-refractivity contribution >= 4 is 17.5 Å². The third kappa shape index (κ3) is 4.63. The number of rotatable bonds is 4. The monoisotopic (exact) mass is 393 g/mol. The van der Waals surface area contributed by atoms with Gasteiger partial charge in [0.25, 0.3) is 0 Å². The van der Waals surface area contributed by atoms with Crippen molar-refractivity contribution in [3.8, 4) is 0 Å². The highest BCUT2D eigenvalue weighted by Crippen LogP contribution is 2.25. The summed E-state index contributed by atoms with van der Waals surface area (Å²) in [5.41, 5.74) is 9.40. The molecule has 152 valence electrons. The van der Waals surface area contributed by atoms with E-state index in [1.807, 2.05) is 48.2 Å². The van der Waals surface area contributed by atoms with E-state index in [0.29, 0.717) is 19.5 Å². The number of hydrogen-bond acceptors (Lipinski definition) is 5. The highest BCUT2D eigenvalue weighted by atomic mass is 16.2. The van der Waals surface area contributed by atoms with Crippen LogP contribution in [0.3, 0.4) is 0 Å². The summed E-state index contributed by atoms with van der Waals surface area (Å²) in [6.07, 6.45) is 5.84. The molecule has 1 aromatic heterocycles. The Bertz CT molecular complexity index is 855. The number of likely N-dealkylation sites (tertiary alicyclic amines) is 1. The number of aromatic nitrogens is 1. The Kier molecular flexibility index (Phi) is 5.87. The zero-order chi connectivity index (χ0) is 20.2. The standard InChI is InChI=1S/C22H27N5O2/c1-15-4-6-18(7-5-15)24-21(28)17-3-2-12-27(14-17)22(29)20-13-19(25-26-20)16-8-10-23-11-9-16/h4-11,17,19-20,25-26H,2-3,12-14H2,1H3,(H,24,28). The number of carbonyl (C=O) groups excluding carboxylic acids is 2. The van der Waals surface area contributed by atoms with E-state index in [9.17, 15) is 9.59 Å². The van der Waals surface area contributed by atoms with Gasteiger partial charge >= 0.3 is 0 Å². The molecular formula is C22H27N5O2. The lowest BCUT2D eigenvalue weighted by Gasteiger charge is -2.33. The fraction of sp³-hybridized carbons (Fsp3) is 0.409. The molecule has 4 rings (SSSR count). The van der Waals surface area contributed by atoms with Crippen LogP contribution in [0.15, 0.2) is 48.8 Å². The van der Waals surface area contributed by atoms with Crippen LogP contribution in [0.25, 0.3) is 0 Å². The predicted molar refractivity (Wildman–Crippen MR) is 111 cm³/mol. The van der Waals surface area contributed by atoms with Crippen LogP contribution in [0.2, 0.25) is 0 Å². The first-order chi connectivity index (χ1) is 14.1. The molecule has 0 saturated carbocycles. The summed E-state index contributed by atoms with van der Waals surface area (Å²) in [6, 6.07) is 11.5. The molecule has 3 N–H and O–H groups in total. The van der Waals surface area contributed by atoms with Crippen molar-refractivity contribution < 1.29 is 9.59 Å². The minimum Gasteiger partial charge on any atom is -0.341 e. The molecule has 3 heterocycles. The molecule has 0 spiro atoms. The van der Waals surface area contributed by atoms with Crippen LogP contribution in [-0.2, 0) is 9.59 Å². The van der Waals surface area contributed by atoms with Gasteiger partial charge in [0.2, 0.25) is 11.8 Å². The van der Waals surface area contributed by atoms with Crippen molar-refractivity contribution in [3.05, 3.63) is 59.9 Å². The largest absolute Gasteiger partial charge is 0.341 e. The second-order valence-corrected chi connectivity index (χ2v) is 7.89. The van der Waals surface area contributed by atoms with Crippen molar-refractivity contribution in [1.82, 2.24) is 20.7 Å². The number of aryl methyl sites for hydroxylation is 1. The van der Waals surface area contributed by atoms with E-state index < -0.39 is 0 Å². The lowest BCUT2D eigenvalue weighted by Crippen LogP contribution is -2.50. The fourth-order valence-corrected chi connectivity index (χ4v) is 4.03. The molecule has 2 fully saturated rings. The summed E-state index contributed by atoms with van der Waals surface area (Å²) in [4.78, 5) is 31.6. The van der Waals surface area contributed by atoms with E-state index in [1.54, 1.807) is 12.4 Å². The summed E-state index contributed by atoms with van der Waals surface area (Å²) < 4.78 is 0. The van der Waals surface area contributed by atoms with Gasteiger partial charge in [0.1, 0.15) is 6.04 Å². The minimum atomic E-state index is -0.285. The molecule has 0 aliphatic carbocycles. The van der Waals surface area contributed by atoms with Crippen LogP contribution in [-0.4, -0.2) is 40.8 Å².